The molecule has 6 nitrogen and oxygen atoms in total. The van der Waals surface area contributed by atoms with Crippen molar-refractivity contribution in [2.45, 2.75) is 12.6 Å². The molecule has 0 fully saturated rings. The van der Waals surface area contributed by atoms with Crippen LogP contribution in [0.15, 0.2) is 66.9 Å². The Balaban J connectivity index is 1.45. The van der Waals surface area contributed by atoms with E-state index in [1.54, 1.807) is 23.0 Å². The number of hydrogen-bond donors (Lipinski definition) is 1. The Hall–Kier alpha value is -3.28. The van der Waals surface area contributed by atoms with Gasteiger partial charge in [-0.25, -0.2) is 4.68 Å². The van der Waals surface area contributed by atoms with E-state index in [1.165, 1.54) is 0 Å². The molecule has 1 N–H and O–H groups in total. The van der Waals surface area contributed by atoms with Crippen LogP contribution in [-0.4, -0.2) is 28.4 Å². The van der Waals surface area contributed by atoms with Crippen molar-refractivity contribution < 1.29 is 14.3 Å². The standard InChI is InChI=1S/C19H17N3O3/c23-19(17-13-24-15-8-4-5-9-16(15)25-17)21-18-10-11-20-22(18)12-14-6-2-1-3-7-14/h1-11,17H,12-13H2,(H,21,23)/t17-/m1/s1. The second-order valence-corrected chi connectivity index (χ2v) is 5.71. The zero-order chi connectivity index (χ0) is 17.1. The molecule has 3 aromatic rings. The van der Waals surface area contributed by atoms with E-state index in [1.807, 2.05) is 48.5 Å². The van der Waals surface area contributed by atoms with Gasteiger partial charge >= 0.3 is 0 Å². The van der Waals surface area contributed by atoms with Crippen molar-refractivity contribution in [3.63, 3.8) is 0 Å². The monoisotopic (exact) mass is 335 g/mol. The Morgan fingerprint density at radius 3 is 2.68 bits per heavy atom. The molecule has 0 radical (unpaired) electrons. The maximum absolute atomic E-state index is 12.5. The van der Waals surface area contributed by atoms with Crippen LogP contribution in [-0.2, 0) is 11.3 Å². The summed E-state index contributed by atoms with van der Waals surface area (Å²) >= 11 is 0. The van der Waals surface area contributed by atoms with Gasteiger partial charge < -0.3 is 14.8 Å². The molecule has 1 atom stereocenters. The lowest BCUT2D eigenvalue weighted by Gasteiger charge is -2.25. The maximum atomic E-state index is 12.5. The SMILES string of the molecule is O=C(Nc1ccnn1Cc1ccccc1)[C@H]1COc2ccccc2O1. The molecule has 0 aliphatic carbocycles. The van der Waals surface area contributed by atoms with Gasteiger partial charge in [0.15, 0.2) is 11.5 Å². The number of ether oxygens (including phenoxy) is 2. The van der Waals surface area contributed by atoms with Gasteiger partial charge in [-0.1, -0.05) is 42.5 Å². The third kappa shape index (κ3) is 3.33. The summed E-state index contributed by atoms with van der Waals surface area (Å²) in [7, 11) is 0. The van der Waals surface area contributed by atoms with Crippen molar-refractivity contribution >= 4 is 11.7 Å². The molecule has 2 heterocycles. The van der Waals surface area contributed by atoms with Gasteiger partial charge in [0.05, 0.1) is 12.7 Å². The minimum atomic E-state index is -0.699. The largest absolute Gasteiger partial charge is 0.485 e. The van der Waals surface area contributed by atoms with E-state index >= 15 is 0 Å². The molecule has 1 aliphatic heterocycles. The van der Waals surface area contributed by atoms with Gasteiger partial charge in [-0.05, 0) is 17.7 Å². The Labute approximate surface area is 145 Å². The summed E-state index contributed by atoms with van der Waals surface area (Å²) in [5.74, 6) is 1.59. The molecule has 126 valence electrons. The molecular formula is C19H17N3O3. The minimum Gasteiger partial charge on any atom is -0.485 e. The molecule has 25 heavy (non-hydrogen) atoms. The van der Waals surface area contributed by atoms with E-state index in [0.29, 0.717) is 23.9 Å². The highest BCUT2D eigenvalue weighted by atomic mass is 16.6. The molecule has 1 aliphatic rings. The average molecular weight is 335 g/mol. The third-order valence-corrected chi connectivity index (χ3v) is 3.94. The first kappa shape index (κ1) is 15.3. The first-order valence-electron chi connectivity index (χ1n) is 8.05. The van der Waals surface area contributed by atoms with Crippen molar-refractivity contribution in [3.8, 4) is 11.5 Å². The Kier molecular flexibility index (Phi) is 4.08. The van der Waals surface area contributed by atoms with E-state index in [0.717, 1.165) is 5.56 Å². The Morgan fingerprint density at radius 1 is 1.08 bits per heavy atom. The second-order valence-electron chi connectivity index (χ2n) is 5.71. The number of benzene rings is 2. The lowest BCUT2D eigenvalue weighted by Crippen LogP contribution is -2.40. The van der Waals surface area contributed by atoms with Gasteiger partial charge in [0.2, 0.25) is 6.10 Å². The summed E-state index contributed by atoms with van der Waals surface area (Å²) in [6, 6.07) is 19.0. The van der Waals surface area contributed by atoms with Gasteiger partial charge in [0.1, 0.15) is 12.4 Å². The minimum absolute atomic E-state index is 0.176. The predicted molar refractivity (Wildman–Crippen MR) is 92.8 cm³/mol. The molecule has 2 aromatic carbocycles. The summed E-state index contributed by atoms with van der Waals surface area (Å²) in [5.41, 5.74) is 1.10. The van der Waals surface area contributed by atoms with Crippen molar-refractivity contribution in [2.75, 3.05) is 11.9 Å². The van der Waals surface area contributed by atoms with E-state index in [9.17, 15) is 4.79 Å². The highest BCUT2D eigenvalue weighted by molar-refractivity contribution is 5.94. The van der Waals surface area contributed by atoms with E-state index in [4.69, 9.17) is 9.47 Å². The van der Waals surface area contributed by atoms with Crippen LogP contribution in [0.1, 0.15) is 5.56 Å². The lowest BCUT2D eigenvalue weighted by atomic mass is 10.2. The van der Waals surface area contributed by atoms with Crippen LogP contribution in [0.3, 0.4) is 0 Å². The van der Waals surface area contributed by atoms with Gasteiger partial charge in [-0.15, -0.1) is 0 Å². The number of aromatic nitrogens is 2. The smallest absolute Gasteiger partial charge is 0.270 e. The Bertz CT molecular complexity index is 876. The second kappa shape index (κ2) is 6.68. The van der Waals surface area contributed by atoms with E-state index in [-0.39, 0.29) is 12.5 Å². The average Bonchev–Trinajstić information content (AvgIpc) is 3.08. The molecule has 1 amide bonds. The Morgan fingerprint density at radius 2 is 1.84 bits per heavy atom. The summed E-state index contributed by atoms with van der Waals surface area (Å²) in [6.45, 7) is 0.754. The number of nitrogens with one attached hydrogen (secondary N) is 1. The summed E-state index contributed by atoms with van der Waals surface area (Å²) < 4.78 is 13.1. The first-order chi connectivity index (χ1) is 12.3. The number of fused-ring (bicyclic) bond motifs is 1. The van der Waals surface area contributed by atoms with Gasteiger partial charge in [0, 0.05) is 6.07 Å². The normalized spacial score (nSPS) is 15.6. The number of hydrogen-bond acceptors (Lipinski definition) is 4. The molecule has 0 unspecified atom stereocenters. The van der Waals surface area contributed by atoms with E-state index in [2.05, 4.69) is 10.4 Å². The number of carbonyl (C=O) groups excluding carboxylic acids is 1. The fraction of sp³-hybridized carbons (Fsp3) is 0.158. The van der Waals surface area contributed by atoms with Crippen LogP contribution in [0, 0.1) is 0 Å². The molecule has 4 rings (SSSR count). The zero-order valence-electron chi connectivity index (χ0n) is 13.5. The van der Waals surface area contributed by atoms with E-state index < -0.39 is 6.10 Å². The van der Waals surface area contributed by atoms with Crippen LogP contribution in [0.2, 0.25) is 0 Å². The van der Waals surface area contributed by atoms with Crippen LogP contribution >= 0.6 is 0 Å². The van der Waals surface area contributed by atoms with Crippen LogP contribution < -0.4 is 14.8 Å². The molecule has 0 saturated carbocycles. The van der Waals surface area contributed by atoms with Crippen molar-refractivity contribution in [1.82, 2.24) is 9.78 Å². The molecule has 0 bridgehead atoms. The quantitative estimate of drug-likeness (QED) is 0.796. The van der Waals surface area contributed by atoms with Crippen LogP contribution in [0.25, 0.3) is 0 Å². The number of nitrogens with zero attached hydrogens (tertiary/aromatic N) is 2. The van der Waals surface area contributed by atoms with Gasteiger partial charge in [-0.3, -0.25) is 4.79 Å². The maximum Gasteiger partial charge on any atom is 0.270 e. The first-order valence-corrected chi connectivity index (χ1v) is 8.05. The predicted octanol–water partition coefficient (Wildman–Crippen LogP) is 2.71. The number of rotatable bonds is 4. The van der Waals surface area contributed by atoms with Crippen LogP contribution in [0.4, 0.5) is 5.82 Å². The number of carbonyl (C=O) groups is 1. The number of amides is 1. The summed E-state index contributed by atoms with van der Waals surface area (Å²) in [6.07, 6.45) is 0.960. The highest BCUT2D eigenvalue weighted by Crippen LogP contribution is 2.31. The van der Waals surface area contributed by atoms with Gasteiger partial charge in [-0.2, -0.15) is 5.10 Å². The zero-order valence-corrected chi connectivity index (χ0v) is 13.5. The van der Waals surface area contributed by atoms with Gasteiger partial charge in [0.25, 0.3) is 5.91 Å². The number of para-hydroxylation sites is 2. The van der Waals surface area contributed by atoms with Crippen LogP contribution in [0.5, 0.6) is 11.5 Å². The number of anilines is 1. The third-order valence-electron chi connectivity index (χ3n) is 3.94. The molecule has 6 heteroatoms. The fourth-order valence-electron chi connectivity index (χ4n) is 2.68. The van der Waals surface area contributed by atoms with Crippen molar-refractivity contribution in [2.24, 2.45) is 0 Å². The molecule has 0 spiro atoms. The van der Waals surface area contributed by atoms with Crippen molar-refractivity contribution in [3.05, 3.63) is 72.4 Å². The topological polar surface area (TPSA) is 65.4 Å². The highest BCUT2D eigenvalue weighted by Gasteiger charge is 2.27. The van der Waals surface area contributed by atoms with Crippen molar-refractivity contribution in [1.29, 1.82) is 0 Å². The molecule has 0 saturated heterocycles. The molecule has 1 aromatic heterocycles. The fourth-order valence-corrected chi connectivity index (χ4v) is 2.68. The summed E-state index contributed by atoms with van der Waals surface area (Å²) in [4.78, 5) is 12.5. The lowest BCUT2D eigenvalue weighted by molar-refractivity contribution is -0.125. The summed E-state index contributed by atoms with van der Waals surface area (Å²) in [5, 5.41) is 7.14. The molecular weight excluding hydrogens is 318 g/mol.